The van der Waals surface area contributed by atoms with Crippen molar-refractivity contribution in [2.24, 2.45) is 0 Å². The number of hydrogen-bond acceptors (Lipinski definition) is 7. The second-order valence-electron chi connectivity index (χ2n) is 8.15. The molecule has 4 aromatic rings. The van der Waals surface area contributed by atoms with Crippen molar-refractivity contribution in [2.45, 2.75) is 6.92 Å². The molecule has 0 saturated heterocycles. The maximum absolute atomic E-state index is 14.7. The molecule has 2 N–H and O–H groups in total. The summed E-state index contributed by atoms with van der Waals surface area (Å²) < 4.78 is 21.8. The van der Waals surface area contributed by atoms with Gasteiger partial charge < -0.3 is 20.3 Å². The molecule has 2 aromatic heterocycles. The Labute approximate surface area is 197 Å². The number of aryl methyl sites for hydroxylation is 1. The van der Waals surface area contributed by atoms with Crippen molar-refractivity contribution in [1.29, 1.82) is 0 Å². The Hall–Kier alpha value is -3.98. The Balaban J connectivity index is 1.69. The van der Waals surface area contributed by atoms with E-state index in [2.05, 4.69) is 20.6 Å². The lowest BCUT2D eigenvalue weighted by Gasteiger charge is -2.14. The van der Waals surface area contributed by atoms with Crippen molar-refractivity contribution >= 4 is 28.4 Å². The molecule has 0 amide bonds. The minimum Gasteiger partial charge on any atom is -0.492 e. The summed E-state index contributed by atoms with van der Waals surface area (Å²) in [7, 11) is 5.70. The molecular formula is C25H27FN6O2. The summed E-state index contributed by atoms with van der Waals surface area (Å²) >= 11 is 0. The fourth-order valence-corrected chi connectivity index (χ4v) is 3.52. The summed E-state index contributed by atoms with van der Waals surface area (Å²) in [5.74, 6) is 0.129. The number of likely N-dealkylation sites (N-methyl/N-ethyl adjacent to an activating group) is 1. The number of nitrogens with one attached hydrogen (secondary N) is 2. The van der Waals surface area contributed by atoms with Gasteiger partial charge in [-0.2, -0.15) is 4.98 Å². The first kappa shape index (κ1) is 23.2. The molecule has 2 aromatic carbocycles. The van der Waals surface area contributed by atoms with Gasteiger partial charge in [-0.15, -0.1) is 0 Å². The first-order valence-electron chi connectivity index (χ1n) is 10.9. The fraction of sp³-hybridized carbons (Fsp3) is 0.240. The van der Waals surface area contributed by atoms with Crippen molar-refractivity contribution < 1.29 is 9.13 Å². The van der Waals surface area contributed by atoms with E-state index in [9.17, 15) is 9.18 Å². The number of nitrogens with zero attached hydrogens (tertiary/aromatic N) is 4. The third-order valence-electron chi connectivity index (χ3n) is 5.35. The van der Waals surface area contributed by atoms with Crippen LogP contribution in [0.4, 0.5) is 21.7 Å². The number of pyridine rings is 1. The van der Waals surface area contributed by atoms with Gasteiger partial charge >= 0.3 is 0 Å². The molecule has 8 nitrogen and oxygen atoms in total. The van der Waals surface area contributed by atoms with Crippen LogP contribution in [0.2, 0.25) is 0 Å². The maximum Gasteiger partial charge on any atom is 0.257 e. The number of aromatic nitrogens is 3. The predicted molar refractivity (Wildman–Crippen MR) is 133 cm³/mol. The van der Waals surface area contributed by atoms with Crippen LogP contribution in [0.3, 0.4) is 0 Å². The molecule has 0 aliphatic carbocycles. The zero-order chi connectivity index (χ0) is 24.2. The summed E-state index contributed by atoms with van der Waals surface area (Å²) in [6, 6.07) is 13.6. The van der Waals surface area contributed by atoms with E-state index < -0.39 is 5.82 Å². The van der Waals surface area contributed by atoms with E-state index in [-0.39, 0.29) is 17.2 Å². The van der Waals surface area contributed by atoms with E-state index in [0.29, 0.717) is 23.7 Å². The van der Waals surface area contributed by atoms with E-state index >= 15 is 0 Å². The highest BCUT2D eigenvalue weighted by atomic mass is 19.1. The maximum atomic E-state index is 14.7. The van der Waals surface area contributed by atoms with Gasteiger partial charge in [-0.3, -0.25) is 9.36 Å². The first-order chi connectivity index (χ1) is 16.4. The zero-order valence-electron chi connectivity index (χ0n) is 19.6. The lowest BCUT2D eigenvalue weighted by Crippen LogP contribution is -2.20. The first-order valence-corrected chi connectivity index (χ1v) is 10.9. The summed E-state index contributed by atoms with van der Waals surface area (Å²) in [6.45, 7) is 3.02. The molecule has 0 bridgehead atoms. The zero-order valence-corrected chi connectivity index (χ0v) is 19.6. The molecule has 2 heterocycles. The topological polar surface area (TPSA) is 84.3 Å². The highest BCUT2D eigenvalue weighted by Gasteiger charge is 2.13. The van der Waals surface area contributed by atoms with Crippen LogP contribution in [-0.2, 0) is 0 Å². The van der Waals surface area contributed by atoms with Crippen molar-refractivity contribution in [1.82, 2.24) is 19.4 Å². The van der Waals surface area contributed by atoms with Gasteiger partial charge in [-0.05, 0) is 56.9 Å². The standard InChI is InChI=1S/C25H27FN6O2/c1-16-12-23(33)32(18-7-5-6-17(13-18)27-2)24-20(16)15-28-25(30-24)29-22-9-8-19(14-21(22)26)34-11-10-31(3)4/h5-9,12-15,27H,10-11H2,1-4H3,(H,28,29,30). The van der Waals surface area contributed by atoms with E-state index in [1.54, 1.807) is 24.4 Å². The number of benzene rings is 2. The lowest BCUT2D eigenvalue weighted by molar-refractivity contribution is 0.260. The molecule has 0 aliphatic heterocycles. The average molecular weight is 463 g/mol. The largest absolute Gasteiger partial charge is 0.492 e. The number of hydrogen-bond donors (Lipinski definition) is 2. The SMILES string of the molecule is CNc1cccc(-n2c(=O)cc(C)c3cnc(Nc4ccc(OCCN(C)C)cc4F)nc32)c1. The Morgan fingerprint density at radius 3 is 2.71 bits per heavy atom. The molecule has 0 unspecified atom stereocenters. The molecule has 0 radical (unpaired) electrons. The Kier molecular flexibility index (Phi) is 6.74. The normalized spacial score (nSPS) is 11.1. The second kappa shape index (κ2) is 9.88. The number of halogens is 1. The molecular weight excluding hydrogens is 435 g/mol. The third-order valence-corrected chi connectivity index (χ3v) is 5.35. The number of fused-ring (bicyclic) bond motifs is 1. The van der Waals surface area contributed by atoms with Crippen LogP contribution in [0.25, 0.3) is 16.7 Å². The minimum absolute atomic E-state index is 0.177. The van der Waals surface area contributed by atoms with E-state index in [4.69, 9.17) is 4.74 Å². The van der Waals surface area contributed by atoms with E-state index in [1.165, 1.54) is 10.6 Å². The van der Waals surface area contributed by atoms with Crippen LogP contribution < -0.4 is 20.9 Å². The Morgan fingerprint density at radius 1 is 1.15 bits per heavy atom. The van der Waals surface area contributed by atoms with Gasteiger partial charge in [0.15, 0.2) is 5.65 Å². The quantitative estimate of drug-likeness (QED) is 0.410. The van der Waals surface area contributed by atoms with Crippen LogP contribution in [0.1, 0.15) is 5.56 Å². The van der Waals surface area contributed by atoms with Gasteiger partial charge in [0.05, 0.1) is 11.4 Å². The summed E-state index contributed by atoms with van der Waals surface area (Å²) in [4.78, 5) is 23.8. The molecule has 0 spiro atoms. The van der Waals surface area contributed by atoms with Gasteiger partial charge in [0.25, 0.3) is 5.56 Å². The highest BCUT2D eigenvalue weighted by Crippen LogP contribution is 2.25. The highest BCUT2D eigenvalue weighted by molar-refractivity contribution is 5.81. The van der Waals surface area contributed by atoms with Crippen molar-refractivity contribution in [3.8, 4) is 11.4 Å². The van der Waals surface area contributed by atoms with Gasteiger partial charge in [-0.25, -0.2) is 9.37 Å². The number of ether oxygens (including phenoxy) is 1. The molecule has 176 valence electrons. The molecule has 4 rings (SSSR count). The van der Waals surface area contributed by atoms with Gasteiger partial charge in [0.1, 0.15) is 18.2 Å². The van der Waals surface area contributed by atoms with Crippen molar-refractivity contribution in [3.05, 3.63) is 76.5 Å². The van der Waals surface area contributed by atoms with Crippen molar-refractivity contribution in [3.63, 3.8) is 0 Å². The van der Waals surface area contributed by atoms with E-state index in [0.717, 1.165) is 23.2 Å². The summed E-state index contributed by atoms with van der Waals surface area (Å²) in [5.41, 5.74) is 2.71. The fourth-order valence-electron chi connectivity index (χ4n) is 3.52. The van der Waals surface area contributed by atoms with Crippen LogP contribution in [-0.4, -0.2) is 53.7 Å². The van der Waals surface area contributed by atoms with Crippen LogP contribution in [0, 0.1) is 12.7 Å². The van der Waals surface area contributed by atoms with Crippen molar-refractivity contribution in [2.75, 3.05) is 44.9 Å². The molecule has 34 heavy (non-hydrogen) atoms. The number of rotatable bonds is 8. The monoisotopic (exact) mass is 462 g/mol. The minimum atomic E-state index is -0.491. The molecule has 0 aliphatic rings. The Bertz CT molecular complexity index is 1390. The van der Waals surface area contributed by atoms with Gasteiger partial charge in [-0.1, -0.05) is 6.07 Å². The predicted octanol–water partition coefficient (Wildman–Crippen LogP) is 3.95. The van der Waals surface area contributed by atoms with E-state index in [1.807, 2.05) is 57.2 Å². The van der Waals surface area contributed by atoms with Crippen LogP contribution in [0.15, 0.2) is 59.5 Å². The second-order valence-corrected chi connectivity index (χ2v) is 8.15. The molecule has 9 heteroatoms. The number of anilines is 3. The Morgan fingerprint density at radius 2 is 1.97 bits per heavy atom. The smallest absolute Gasteiger partial charge is 0.257 e. The lowest BCUT2D eigenvalue weighted by atomic mass is 10.2. The van der Waals surface area contributed by atoms with Gasteiger partial charge in [0, 0.05) is 43.0 Å². The van der Waals surface area contributed by atoms with Gasteiger partial charge in [0.2, 0.25) is 5.95 Å². The summed E-state index contributed by atoms with van der Waals surface area (Å²) in [5, 5.41) is 6.72. The van der Waals surface area contributed by atoms with Crippen LogP contribution in [0.5, 0.6) is 5.75 Å². The third kappa shape index (κ3) is 4.99. The molecule has 0 fully saturated rings. The molecule has 0 saturated carbocycles. The van der Waals surface area contributed by atoms with Crippen LogP contribution >= 0.6 is 0 Å². The molecule has 0 atom stereocenters. The summed E-state index contributed by atoms with van der Waals surface area (Å²) in [6.07, 6.45) is 1.63. The average Bonchev–Trinajstić information content (AvgIpc) is 2.80.